The topological polar surface area (TPSA) is 38.3 Å². The van der Waals surface area contributed by atoms with Gasteiger partial charge in [-0.1, -0.05) is 40.9 Å². The van der Waals surface area contributed by atoms with Crippen molar-refractivity contribution in [2.45, 2.75) is 19.8 Å². The molecular formula is C12H15BrClNO2. The van der Waals surface area contributed by atoms with Gasteiger partial charge in [-0.15, -0.1) is 0 Å². The first kappa shape index (κ1) is 14.3. The molecule has 0 aromatic heterocycles. The molecule has 1 aromatic rings. The van der Waals surface area contributed by atoms with Crippen LogP contribution in [-0.2, 0) is 4.79 Å². The average Bonchev–Trinajstić information content (AvgIpc) is 2.28. The molecule has 0 unspecified atom stereocenters. The van der Waals surface area contributed by atoms with Crippen LogP contribution in [0, 0.1) is 0 Å². The smallest absolute Gasteiger partial charge is 0.257 e. The van der Waals surface area contributed by atoms with Gasteiger partial charge in [-0.3, -0.25) is 4.79 Å². The predicted molar refractivity (Wildman–Crippen MR) is 72.6 cm³/mol. The van der Waals surface area contributed by atoms with Gasteiger partial charge >= 0.3 is 0 Å². The van der Waals surface area contributed by atoms with Crippen LogP contribution in [0.15, 0.2) is 22.7 Å². The first-order valence-electron chi connectivity index (χ1n) is 5.48. The highest BCUT2D eigenvalue weighted by Crippen LogP contribution is 2.27. The highest BCUT2D eigenvalue weighted by atomic mass is 79.9. The first-order valence-corrected chi connectivity index (χ1v) is 6.65. The lowest BCUT2D eigenvalue weighted by Gasteiger charge is -2.08. The van der Waals surface area contributed by atoms with Crippen LogP contribution < -0.4 is 10.1 Å². The average molecular weight is 321 g/mol. The van der Waals surface area contributed by atoms with Gasteiger partial charge in [-0.2, -0.15) is 0 Å². The third kappa shape index (κ3) is 5.41. The molecule has 3 nitrogen and oxygen atoms in total. The number of nitrogens with one attached hydrogen (secondary N) is 1. The zero-order chi connectivity index (χ0) is 12.7. The normalized spacial score (nSPS) is 10.1. The summed E-state index contributed by atoms with van der Waals surface area (Å²) in [7, 11) is 0. The minimum atomic E-state index is -0.127. The largest absolute Gasteiger partial charge is 0.482 e. The first-order chi connectivity index (χ1) is 8.13. The Kier molecular flexibility index (Phi) is 6.37. The number of unbranched alkanes of at least 4 members (excludes halogenated alkanes) is 1. The fourth-order valence-corrected chi connectivity index (χ4v) is 1.92. The van der Waals surface area contributed by atoms with E-state index in [0.29, 0.717) is 17.3 Å². The Morgan fingerprint density at radius 3 is 2.94 bits per heavy atom. The molecule has 1 aromatic carbocycles. The summed E-state index contributed by atoms with van der Waals surface area (Å²) in [5.41, 5.74) is 0. The van der Waals surface area contributed by atoms with Gasteiger partial charge in [0.25, 0.3) is 5.91 Å². The number of carbonyl (C=O) groups excluding carboxylic acids is 1. The SMILES string of the molecule is CCCCNC(=O)COc1ccc(Br)cc1Cl. The quantitative estimate of drug-likeness (QED) is 0.816. The van der Waals surface area contributed by atoms with Crippen molar-refractivity contribution < 1.29 is 9.53 Å². The Labute approximate surface area is 115 Å². The van der Waals surface area contributed by atoms with E-state index < -0.39 is 0 Å². The highest BCUT2D eigenvalue weighted by molar-refractivity contribution is 9.10. The minimum absolute atomic E-state index is 0.00886. The molecule has 0 spiro atoms. The standard InChI is InChI=1S/C12H15BrClNO2/c1-2-3-6-15-12(16)8-17-11-5-4-9(13)7-10(11)14/h4-5,7H,2-3,6,8H2,1H3,(H,15,16). The van der Waals surface area contributed by atoms with Crippen molar-refractivity contribution in [3.63, 3.8) is 0 Å². The molecule has 0 aliphatic heterocycles. The Morgan fingerprint density at radius 2 is 2.29 bits per heavy atom. The number of ether oxygens (including phenoxy) is 1. The maximum absolute atomic E-state index is 11.4. The molecule has 94 valence electrons. The molecule has 0 fully saturated rings. The second-order valence-corrected chi connectivity index (χ2v) is 4.89. The number of hydrogen-bond donors (Lipinski definition) is 1. The molecule has 0 aliphatic carbocycles. The third-order valence-corrected chi connectivity index (χ3v) is 2.89. The number of halogens is 2. The fraction of sp³-hybridized carbons (Fsp3) is 0.417. The highest BCUT2D eigenvalue weighted by Gasteiger charge is 2.05. The molecule has 0 saturated carbocycles. The van der Waals surface area contributed by atoms with Crippen molar-refractivity contribution in [2.75, 3.05) is 13.2 Å². The van der Waals surface area contributed by atoms with Crippen molar-refractivity contribution >= 4 is 33.4 Å². The van der Waals surface area contributed by atoms with Gasteiger partial charge in [0.2, 0.25) is 0 Å². The van der Waals surface area contributed by atoms with E-state index >= 15 is 0 Å². The van der Waals surface area contributed by atoms with E-state index in [1.165, 1.54) is 0 Å². The van der Waals surface area contributed by atoms with Crippen molar-refractivity contribution in [3.8, 4) is 5.75 Å². The lowest BCUT2D eigenvalue weighted by Crippen LogP contribution is -2.29. The fourth-order valence-electron chi connectivity index (χ4n) is 1.19. The summed E-state index contributed by atoms with van der Waals surface area (Å²) in [4.78, 5) is 11.4. The van der Waals surface area contributed by atoms with Gasteiger partial charge in [0, 0.05) is 11.0 Å². The predicted octanol–water partition coefficient (Wildman–Crippen LogP) is 3.40. The number of benzene rings is 1. The van der Waals surface area contributed by atoms with Crippen molar-refractivity contribution in [1.29, 1.82) is 0 Å². The van der Waals surface area contributed by atoms with E-state index in [1.807, 2.05) is 6.07 Å². The van der Waals surface area contributed by atoms with E-state index in [-0.39, 0.29) is 12.5 Å². The van der Waals surface area contributed by atoms with E-state index in [9.17, 15) is 4.79 Å². The molecule has 0 aliphatic rings. The summed E-state index contributed by atoms with van der Waals surface area (Å²) in [6, 6.07) is 5.27. The maximum Gasteiger partial charge on any atom is 0.257 e. The number of rotatable bonds is 6. The minimum Gasteiger partial charge on any atom is -0.482 e. The molecule has 0 saturated heterocycles. The van der Waals surface area contributed by atoms with E-state index in [1.54, 1.807) is 12.1 Å². The van der Waals surface area contributed by atoms with Crippen LogP contribution in [0.3, 0.4) is 0 Å². The molecule has 1 N–H and O–H groups in total. The second kappa shape index (κ2) is 7.56. The van der Waals surface area contributed by atoms with Crippen molar-refractivity contribution in [1.82, 2.24) is 5.32 Å². The number of carbonyl (C=O) groups is 1. The third-order valence-electron chi connectivity index (χ3n) is 2.11. The van der Waals surface area contributed by atoms with Crippen LogP contribution in [0.5, 0.6) is 5.75 Å². The van der Waals surface area contributed by atoms with Crippen molar-refractivity contribution in [3.05, 3.63) is 27.7 Å². The zero-order valence-electron chi connectivity index (χ0n) is 9.63. The summed E-state index contributed by atoms with van der Waals surface area (Å²) in [6.45, 7) is 2.75. The van der Waals surface area contributed by atoms with E-state index in [4.69, 9.17) is 16.3 Å². The zero-order valence-corrected chi connectivity index (χ0v) is 12.0. The Morgan fingerprint density at radius 1 is 1.53 bits per heavy atom. The molecule has 5 heteroatoms. The Hall–Kier alpha value is -0.740. The molecule has 0 radical (unpaired) electrons. The summed E-state index contributed by atoms with van der Waals surface area (Å²) < 4.78 is 6.20. The van der Waals surface area contributed by atoms with Crippen molar-refractivity contribution in [2.24, 2.45) is 0 Å². The molecule has 0 bridgehead atoms. The van der Waals surface area contributed by atoms with Crippen LogP contribution in [0.4, 0.5) is 0 Å². The Balaban J connectivity index is 2.37. The summed E-state index contributed by atoms with van der Waals surface area (Å²) in [5.74, 6) is 0.387. The van der Waals surface area contributed by atoms with Gasteiger partial charge < -0.3 is 10.1 Å². The molecule has 0 atom stereocenters. The Bertz CT molecular complexity index is 385. The summed E-state index contributed by atoms with van der Waals surface area (Å²) >= 11 is 9.25. The molecule has 17 heavy (non-hydrogen) atoms. The molecular weight excluding hydrogens is 305 g/mol. The van der Waals surface area contributed by atoms with E-state index in [2.05, 4.69) is 28.2 Å². The van der Waals surface area contributed by atoms with Crippen LogP contribution >= 0.6 is 27.5 Å². The van der Waals surface area contributed by atoms with Gasteiger partial charge in [-0.25, -0.2) is 0 Å². The van der Waals surface area contributed by atoms with Crippen LogP contribution in [0.2, 0.25) is 5.02 Å². The number of amides is 1. The van der Waals surface area contributed by atoms with E-state index in [0.717, 1.165) is 17.3 Å². The molecule has 1 rings (SSSR count). The summed E-state index contributed by atoms with van der Waals surface area (Å²) in [6.07, 6.45) is 2.03. The van der Waals surface area contributed by atoms with Gasteiger partial charge in [0.1, 0.15) is 5.75 Å². The molecule has 1 amide bonds. The second-order valence-electron chi connectivity index (χ2n) is 3.57. The molecule has 0 heterocycles. The number of hydrogen-bond acceptors (Lipinski definition) is 2. The van der Waals surface area contributed by atoms with Crippen LogP contribution in [0.1, 0.15) is 19.8 Å². The van der Waals surface area contributed by atoms with Gasteiger partial charge in [-0.05, 0) is 24.6 Å². The maximum atomic E-state index is 11.4. The monoisotopic (exact) mass is 319 g/mol. The lowest BCUT2D eigenvalue weighted by molar-refractivity contribution is -0.123. The van der Waals surface area contributed by atoms with Gasteiger partial charge in [0.15, 0.2) is 6.61 Å². The summed E-state index contributed by atoms with van der Waals surface area (Å²) in [5, 5.41) is 3.26. The van der Waals surface area contributed by atoms with Crippen LogP contribution in [0.25, 0.3) is 0 Å². The van der Waals surface area contributed by atoms with Gasteiger partial charge in [0.05, 0.1) is 5.02 Å². The van der Waals surface area contributed by atoms with Crippen LogP contribution in [-0.4, -0.2) is 19.1 Å². The lowest BCUT2D eigenvalue weighted by atomic mass is 10.3.